The molecule has 2 aromatic rings. The molecular formula is C19H19FO2. The van der Waals surface area contributed by atoms with Crippen LogP contribution in [0.4, 0.5) is 4.39 Å². The number of carbonyl (C=O) groups is 2. The van der Waals surface area contributed by atoms with Crippen molar-refractivity contribution in [1.29, 1.82) is 0 Å². The first-order valence-corrected chi connectivity index (χ1v) is 7.36. The molecule has 0 fully saturated rings. The highest BCUT2D eigenvalue weighted by atomic mass is 19.1. The van der Waals surface area contributed by atoms with Crippen LogP contribution in [-0.2, 0) is 4.79 Å². The Kier molecular flexibility index (Phi) is 5.21. The van der Waals surface area contributed by atoms with Crippen molar-refractivity contribution < 1.29 is 14.0 Å². The van der Waals surface area contributed by atoms with E-state index in [4.69, 9.17) is 0 Å². The maximum atomic E-state index is 12.9. The predicted molar refractivity (Wildman–Crippen MR) is 84.4 cm³/mol. The zero-order valence-corrected chi connectivity index (χ0v) is 12.8. The van der Waals surface area contributed by atoms with Gasteiger partial charge in [-0.2, -0.15) is 0 Å². The van der Waals surface area contributed by atoms with E-state index in [0.717, 1.165) is 5.56 Å². The molecule has 3 heteroatoms. The van der Waals surface area contributed by atoms with Crippen LogP contribution >= 0.6 is 0 Å². The van der Waals surface area contributed by atoms with Gasteiger partial charge in [0.05, 0.1) is 5.92 Å². The van der Waals surface area contributed by atoms with E-state index in [0.29, 0.717) is 5.56 Å². The predicted octanol–water partition coefficient (Wildman–Crippen LogP) is 4.41. The lowest BCUT2D eigenvalue weighted by atomic mass is 9.84. The molecule has 0 aliphatic heterocycles. The molecule has 2 rings (SSSR count). The second-order valence-corrected chi connectivity index (χ2v) is 5.65. The van der Waals surface area contributed by atoms with Gasteiger partial charge in [-0.1, -0.05) is 44.2 Å². The third-order valence-corrected chi connectivity index (χ3v) is 3.67. The number of carbonyl (C=O) groups excluding carboxylic acids is 2. The maximum Gasteiger partial charge on any atom is 0.163 e. The molecular weight excluding hydrogens is 279 g/mol. The molecule has 0 heterocycles. The largest absolute Gasteiger partial charge is 0.299 e. The summed E-state index contributed by atoms with van der Waals surface area (Å²) in [7, 11) is 0. The molecule has 0 aliphatic rings. The first-order chi connectivity index (χ1) is 10.5. The van der Waals surface area contributed by atoms with Crippen molar-refractivity contribution in [3.8, 4) is 0 Å². The minimum absolute atomic E-state index is 0.0432. The number of halogens is 1. The summed E-state index contributed by atoms with van der Waals surface area (Å²) in [6.07, 6.45) is 0.104. The summed E-state index contributed by atoms with van der Waals surface area (Å²) in [6.45, 7) is 3.67. The van der Waals surface area contributed by atoms with E-state index in [1.807, 2.05) is 44.2 Å². The van der Waals surface area contributed by atoms with Crippen LogP contribution in [0.2, 0.25) is 0 Å². The molecule has 0 amide bonds. The van der Waals surface area contributed by atoms with Crippen LogP contribution < -0.4 is 0 Å². The SMILES string of the molecule is CC(C)C(=O)[C@H](CC(=O)c1ccc(F)cc1)c1ccccc1. The third kappa shape index (κ3) is 3.88. The molecule has 22 heavy (non-hydrogen) atoms. The van der Waals surface area contributed by atoms with E-state index in [1.54, 1.807) is 0 Å². The van der Waals surface area contributed by atoms with Crippen LogP contribution in [0.25, 0.3) is 0 Å². The Balaban J connectivity index is 2.25. The summed E-state index contributed by atoms with van der Waals surface area (Å²) >= 11 is 0. The summed E-state index contributed by atoms with van der Waals surface area (Å²) in [5.41, 5.74) is 1.27. The van der Waals surface area contributed by atoms with Crippen molar-refractivity contribution in [2.45, 2.75) is 26.2 Å². The zero-order valence-electron chi connectivity index (χ0n) is 12.8. The van der Waals surface area contributed by atoms with Gasteiger partial charge in [0.25, 0.3) is 0 Å². The smallest absolute Gasteiger partial charge is 0.163 e. The second-order valence-electron chi connectivity index (χ2n) is 5.65. The van der Waals surface area contributed by atoms with E-state index >= 15 is 0 Å². The van der Waals surface area contributed by atoms with Gasteiger partial charge in [-0.05, 0) is 29.8 Å². The summed E-state index contributed by atoms with van der Waals surface area (Å²) in [5.74, 6) is -1.09. The van der Waals surface area contributed by atoms with Gasteiger partial charge in [0, 0.05) is 17.9 Å². The molecule has 0 saturated carbocycles. The number of benzene rings is 2. The Morgan fingerprint density at radius 2 is 1.55 bits per heavy atom. The fourth-order valence-electron chi connectivity index (χ4n) is 2.41. The zero-order chi connectivity index (χ0) is 16.1. The Morgan fingerprint density at radius 1 is 0.955 bits per heavy atom. The Labute approximate surface area is 130 Å². The first-order valence-electron chi connectivity index (χ1n) is 7.36. The number of ketones is 2. The molecule has 0 unspecified atom stereocenters. The molecule has 2 nitrogen and oxygen atoms in total. The fraction of sp³-hybridized carbons (Fsp3) is 0.263. The van der Waals surface area contributed by atoms with Crippen LogP contribution in [0.15, 0.2) is 54.6 Å². The van der Waals surface area contributed by atoms with Gasteiger partial charge >= 0.3 is 0 Å². The quantitative estimate of drug-likeness (QED) is 0.740. The topological polar surface area (TPSA) is 34.1 Å². The lowest BCUT2D eigenvalue weighted by molar-refractivity contribution is -0.123. The lowest BCUT2D eigenvalue weighted by Gasteiger charge is -2.18. The molecule has 0 spiro atoms. The van der Waals surface area contributed by atoms with Crippen LogP contribution in [0, 0.1) is 11.7 Å². The summed E-state index contributed by atoms with van der Waals surface area (Å²) in [6, 6.07) is 14.8. The average Bonchev–Trinajstić information content (AvgIpc) is 2.53. The molecule has 1 atom stereocenters. The van der Waals surface area contributed by atoms with Crippen molar-refractivity contribution in [2.24, 2.45) is 5.92 Å². The molecule has 0 aliphatic carbocycles. The van der Waals surface area contributed by atoms with Crippen LogP contribution in [0.5, 0.6) is 0 Å². The van der Waals surface area contributed by atoms with E-state index in [1.165, 1.54) is 24.3 Å². The normalized spacial score (nSPS) is 12.2. The average molecular weight is 298 g/mol. The Morgan fingerprint density at radius 3 is 2.09 bits per heavy atom. The molecule has 2 aromatic carbocycles. The van der Waals surface area contributed by atoms with E-state index in [-0.39, 0.29) is 29.7 Å². The monoisotopic (exact) mass is 298 g/mol. The number of hydrogen-bond acceptors (Lipinski definition) is 2. The van der Waals surface area contributed by atoms with Crippen molar-refractivity contribution in [1.82, 2.24) is 0 Å². The Bertz CT molecular complexity index is 645. The van der Waals surface area contributed by atoms with E-state index < -0.39 is 5.92 Å². The minimum Gasteiger partial charge on any atom is -0.299 e. The van der Waals surface area contributed by atoms with Gasteiger partial charge in [-0.15, -0.1) is 0 Å². The van der Waals surface area contributed by atoms with E-state index in [2.05, 4.69) is 0 Å². The van der Waals surface area contributed by atoms with Gasteiger partial charge in [0.15, 0.2) is 5.78 Å². The first kappa shape index (κ1) is 16.1. The number of Topliss-reactive ketones (excluding diaryl/α,β-unsaturated/α-hetero) is 2. The highest BCUT2D eigenvalue weighted by molar-refractivity contribution is 6.00. The molecule has 114 valence electrons. The fourth-order valence-corrected chi connectivity index (χ4v) is 2.41. The van der Waals surface area contributed by atoms with Gasteiger partial charge in [0.2, 0.25) is 0 Å². The molecule has 0 saturated heterocycles. The molecule has 0 aromatic heterocycles. The standard InChI is InChI=1S/C19H19FO2/c1-13(2)19(22)17(14-6-4-3-5-7-14)12-18(21)15-8-10-16(20)11-9-15/h3-11,13,17H,12H2,1-2H3/t17-/m1/s1. The highest BCUT2D eigenvalue weighted by Gasteiger charge is 2.26. The summed E-state index contributed by atoms with van der Waals surface area (Å²) in [4.78, 5) is 24.8. The third-order valence-electron chi connectivity index (χ3n) is 3.67. The number of hydrogen-bond donors (Lipinski definition) is 0. The Hall–Kier alpha value is -2.29. The summed E-state index contributed by atoms with van der Waals surface area (Å²) < 4.78 is 12.9. The van der Waals surface area contributed by atoms with Crippen molar-refractivity contribution in [3.05, 3.63) is 71.5 Å². The van der Waals surface area contributed by atoms with Gasteiger partial charge in [-0.3, -0.25) is 9.59 Å². The van der Waals surface area contributed by atoms with Gasteiger partial charge in [0.1, 0.15) is 11.6 Å². The summed E-state index contributed by atoms with van der Waals surface area (Å²) in [5, 5.41) is 0. The highest BCUT2D eigenvalue weighted by Crippen LogP contribution is 2.26. The lowest BCUT2D eigenvalue weighted by Crippen LogP contribution is -2.21. The minimum atomic E-state index is -0.459. The van der Waals surface area contributed by atoms with Crippen molar-refractivity contribution >= 4 is 11.6 Å². The van der Waals surface area contributed by atoms with Crippen LogP contribution in [0.3, 0.4) is 0 Å². The van der Waals surface area contributed by atoms with Crippen molar-refractivity contribution in [2.75, 3.05) is 0 Å². The molecule has 0 N–H and O–H groups in total. The number of rotatable bonds is 6. The van der Waals surface area contributed by atoms with Gasteiger partial charge < -0.3 is 0 Å². The molecule has 0 bridgehead atoms. The maximum absolute atomic E-state index is 12.9. The van der Waals surface area contributed by atoms with Gasteiger partial charge in [-0.25, -0.2) is 4.39 Å². The van der Waals surface area contributed by atoms with Crippen LogP contribution in [0.1, 0.15) is 42.1 Å². The van der Waals surface area contributed by atoms with Crippen LogP contribution in [-0.4, -0.2) is 11.6 Å². The van der Waals surface area contributed by atoms with Crippen molar-refractivity contribution in [3.63, 3.8) is 0 Å². The molecule has 0 radical (unpaired) electrons. The second kappa shape index (κ2) is 7.12. The van der Waals surface area contributed by atoms with E-state index in [9.17, 15) is 14.0 Å².